The Morgan fingerprint density at radius 2 is 2.22 bits per heavy atom. The van der Waals surface area contributed by atoms with Crippen LogP contribution < -0.4 is 15.4 Å². The summed E-state index contributed by atoms with van der Waals surface area (Å²) in [6.07, 6.45) is 1.54. The number of rotatable bonds is 5. The highest BCUT2D eigenvalue weighted by molar-refractivity contribution is 7.93. The highest BCUT2D eigenvalue weighted by atomic mass is 35.5. The Hall–Kier alpha value is -1.35. The van der Waals surface area contributed by atoms with Crippen LogP contribution in [0.2, 0.25) is 5.02 Å². The van der Waals surface area contributed by atoms with E-state index in [1.165, 1.54) is 23.5 Å². The zero-order valence-corrected chi connectivity index (χ0v) is 14.8. The van der Waals surface area contributed by atoms with Gasteiger partial charge in [-0.05, 0) is 30.7 Å². The van der Waals surface area contributed by atoms with Crippen molar-refractivity contribution in [3.05, 3.63) is 34.8 Å². The molecule has 0 saturated carbocycles. The third-order valence-corrected chi connectivity index (χ3v) is 6.23. The maximum Gasteiger partial charge on any atom is 0.263 e. The number of aromatic nitrogens is 1. The molecule has 0 radical (unpaired) electrons. The van der Waals surface area contributed by atoms with Crippen molar-refractivity contribution in [2.45, 2.75) is 17.9 Å². The molecular weight excluding hydrogens is 356 g/mol. The molecule has 2 atom stereocenters. The van der Waals surface area contributed by atoms with Crippen LogP contribution in [0.3, 0.4) is 0 Å². The van der Waals surface area contributed by atoms with E-state index in [-0.39, 0.29) is 10.9 Å². The Morgan fingerprint density at radius 3 is 2.83 bits per heavy atom. The summed E-state index contributed by atoms with van der Waals surface area (Å²) in [5.41, 5.74) is 0.736. The maximum absolute atomic E-state index is 12.3. The minimum atomic E-state index is -3.69. The van der Waals surface area contributed by atoms with Crippen LogP contribution >= 0.6 is 22.9 Å². The van der Waals surface area contributed by atoms with Gasteiger partial charge in [0, 0.05) is 24.2 Å². The quantitative estimate of drug-likeness (QED) is 0.751. The summed E-state index contributed by atoms with van der Waals surface area (Å²) in [5.74, 6) is 0.487. The molecule has 1 aromatic carbocycles. The Labute approximate surface area is 144 Å². The van der Waals surface area contributed by atoms with E-state index < -0.39 is 10.0 Å². The fraction of sp³-hybridized carbons (Fsp3) is 0.357. The molecule has 3 rings (SSSR count). The van der Waals surface area contributed by atoms with Gasteiger partial charge >= 0.3 is 0 Å². The van der Waals surface area contributed by atoms with E-state index in [2.05, 4.69) is 27.3 Å². The van der Waals surface area contributed by atoms with Gasteiger partial charge in [0.15, 0.2) is 5.13 Å². The first-order valence-corrected chi connectivity index (χ1v) is 9.89. The Bertz CT molecular complexity index is 780. The number of halogens is 1. The summed E-state index contributed by atoms with van der Waals surface area (Å²) >= 11 is 7.47. The average molecular weight is 373 g/mol. The third-order valence-electron chi connectivity index (χ3n) is 3.76. The fourth-order valence-corrected chi connectivity index (χ4v) is 4.55. The summed E-state index contributed by atoms with van der Waals surface area (Å²) in [7, 11) is -3.69. The van der Waals surface area contributed by atoms with Gasteiger partial charge in [0.1, 0.15) is 0 Å². The minimum absolute atomic E-state index is 0.112. The van der Waals surface area contributed by atoms with Crippen molar-refractivity contribution >= 4 is 43.8 Å². The van der Waals surface area contributed by atoms with Gasteiger partial charge in [0.2, 0.25) is 0 Å². The van der Waals surface area contributed by atoms with E-state index in [0.29, 0.717) is 16.1 Å². The second kappa shape index (κ2) is 6.64. The number of hydrogen-bond donors (Lipinski definition) is 3. The molecule has 2 aromatic rings. The molecule has 1 saturated heterocycles. The fourth-order valence-electron chi connectivity index (χ4n) is 2.43. The predicted octanol–water partition coefficient (Wildman–Crippen LogP) is 2.62. The number of nitrogens with one attached hydrogen (secondary N) is 3. The van der Waals surface area contributed by atoms with Gasteiger partial charge in [-0.3, -0.25) is 4.72 Å². The lowest BCUT2D eigenvalue weighted by atomic mass is 10.1. The van der Waals surface area contributed by atoms with Crippen LogP contribution in [0, 0.1) is 5.92 Å². The van der Waals surface area contributed by atoms with Crippen molar-refractivity contribution in [1.29, 1.82) is 0 Å². The second-order valence-corrected chi connectivity index (χ2v) is 8.45. The van der Waals surface area contributed by atoms with Gasteiger partial charge in [-0.15, -0.1) is 11.3 Å². The molecule has 0 amide bonds. The van der Waals surface area contributed by atoms with Crippen molar-refractivity contribution in [3.8, 4) is 0 Å². The zero-order valence-electron chi connectivity index (χ0n) is 12.4. The van der Waals surface area contributed by atoms with E-state index in [4.69, 9.17) is 11.6 Å². The number of hydrogen-bond acceptors (Lipinski definition) is 6. The highest BCUT2D eigenvalue weighted by Crippen LogP contribution is 2.28. The van der Waals surface area contributed by atoms with E-state index in [1.54, 1.807) is 17.6 Å². The van der Waals surface area contributed by atoms with E-state index in [0.717, 1.165) is 18.8 Å². The minimum Gasteiger partial charge on any atom is -0.380 e. The SMILES string of the molecule is C[C@@H]1CNC[C@H]1Nc1ccc(S(=O)(=O)Nc2nccs2)cc1Cl. The van der Waals surface area contributed by atoms with Crippen molar-refractivity contribution < 1.29 is 8.42 Å². The number of anilines is 2. The molecule has 6 nitrogen and oxygen atoms in total. The first kappa shape index (κ1) is 16.5. The summed E-state index contributed by atoms with van der Waals surface area (Å²) in [6, 6.07) is 4.97. The maximum atomic E-state index is 12.3. The topological polar surface area (TPSA) is 83.1 Å². The second-order valence-electron chi connectivity index (χ2n) is 5.47. The first-order chi connectivity index (χ1) is 11.0. The average Bonchev–Trinajstić information content (AvgIpc) is 3.13. The van der Waals surface area contributed by atoms with Crippen LogP contribution in [0.4, 0.5) is 10.8 Å². The molecule has 0 spiro atoms. The van der Waals surface area contributed by atoms with Crippen molar-refractivity contribution in [2.75, 3.05) is 23.1 Å². The largest absolute Gasteiger partial charge is 0.380 e. The normalized spacial score (nSPS) is 21.3. The number of nitrogens with zero attached hydrogens (tertiary/aromatic N) is 1. The van der Waals surface area contributed by atoms with Crippen LogP contribution in [-0.2, 0) is 10.0 Å². The van der Waals surface area contributed by atoms with Crippen LogP contribution in [0.15, 0.2) is 34.7 Å². The molecule has 0 unspecified atom stereocenters. The van der Waals surface area contributed by atoms with E-state index in [1.807, 2.05) is 0 Å². The number of benzene rings is 1. The Morgan fingerprint density at radius 1 is 1.39 bits per heavy atom. The predicted molar refractivity (Wildman–Crippen MR) is 93.8 cm³/mol. The highest BCUT2D eigenvalue weighted by Gasteiger charge is 2.24. The zero-order chi connectivity index (χ0) is 16.4. The standard InChI is InChI=1S/C14H17ClN4O2S2/c1-9-7-16-8-13(9)18-12-3-2-10(6-11(12)15)23(20,21)19-14-17-4-5-22-14/h2-6,9,13,16,18H,7-8H2,1H3,(H,17,19)/t9-,13-/m1/s1. The monoisotopic (exact) mass is 372 g/mol. The molecule has 1 aliphatic rings. The van der Waals surface area contributed by atoms with Gasteiger partial charge in [0.25, 0.3) is 10.0 Å². The molecule has 124 valence electrons. The number of sulfonamides is 1. The molecule has 0 aliphatic carbocycles. The number of thiazole rings is 1. The third kappa shape index (κ3) is 3.77. The molecule has 0 bridgehead atoms. The molecular formula is C14H17ClN4O2S2. The van der Waals surface area contributed by atoms with E-state index in [9.17, 15) is 8.42 Å². The summed E-state index contributed by atoms with van der Waals surface area (Å²) in [6.45, 7) is 3.98. The van der Waals surface area contributed by atoms with Crippen LogP contribution in [0.1, 0.15) is 6.92 Å². The van der Waals surface area contributed by atoms with Gasteiger partial charge in [-0.2, -0.15) is 0 Å². The summed E-state index contributed by atoms with van der Waals surface area (Å²) < 4.78 is 27.1. The van der Waals surface area contributed by atoms with Crippen LogP contribution in [0.25, 0.3) is 0 Å². The van der Waals surface area contributed by atoms with Gasteiger partial charge in [-0.25, -0.2) is 13.4 Å². The Balaban J connectivity index is 1.78. The lowest BCUT2D eigenvalue weighted by Crippen LogP contribution is -2.26. The molecule has 1 aromatic heterocycles. The van der Waals surface area contributed by atoms with Gasteiger partial charge in [-0.1, -0.05) is 18.5 Å². The Kier molecular flexibility index (Phi) is 4.77. The molecule has 9 heteroatoms. The van der Waals surface area contributed by atoms with Crippen LogP contribution in [-0.4, -0.2) is 32.5 Å². The van der Waals surface area contributed by atoms with Gasteiger partial charge < -0.3 is 10.6 Å². The smallest absolute Gasteiger partial charge is 0.263 e. The molecule has 3 N–H and O–H groups in total. The lowest BCUT2D eigenvalue weighted by Gasteiger charge is -2.19. The lowest BCUT2D eigenvalue weighted by molar-refractivity contribution is 0.595. The first-order valence-electron chi connectivity index (χ1n) is 7.15. The molecule has 23 heavy (non-hydrogen) atoms. The van der Waals surface area contributed by atoms with Crippen molar-refractivity contribution in [3.63, 3.8) is 0 Å². The molecule has 1 fully saturated rings. The van der Waals surface area contributed by atoms with Crippen molar-refractivity contribution in [2.24, 2.45) is 5.92 Å². The summed E-state index contributed by atoms with van der Waals surface area (Å²) in [5, 5.41) is 9.08. The molecule has 2 heterocycles. The van der Waals surface area contributed by atoms with Crippen molar-refractivity contribution in [1.82, 2.24) is 10.3 Å². The van der Waals surface area contributed by atoms with Gasteiger partial charge in [0.05, 0.1) is 15.6 Å². The van der Waals surface area contributed by atoms with E-state index >= 15 is 0 Å². The summed E-state index contributed by atoms with van der Waals surface area (Å²) in [4.78, 5) is 4.03. The van der Waals surface area contributed by atoms with Crippen LogP contribution in [0.5, 0.6) is 0 Å². The molecule has 1 aliphatic heterocycles.